The van der Waals surface area contributed by atoms with Crippen molar-refractivity contribution in [3.05, 3.63) is 48.0 Å². The fourth-order valence-electron chi connectivity index (χ4n) is 2.98. The fourth-order valence-corrected chi connectivity index (χ4v) is 2.98. The van der Waals surface area contributed by atoms with Crippen LogP contribution < -0.4 is 0 Å². The zero-order valence-corrected chi connectivity index (χ0v) is 15.4. The maximum absolute atomic E-state index is 11.6. The maximum Gasteiger partial charge on any atom is 0.408 e. The van der Waals surface area contributed by atoms with Gasteiger partial charge in [0.1, 0.15) is 11.8 Å². The number of phenolic OH excluding ortho intramolecular Hbond substituents is 1. The van der Waals surface area contributed by atoms with Crippen molar-refractivity contribution in [3.8, 4) is 5.75 Å². The van der Waals surface area contributed by atoms with E-state index in [9.17, 15) is 24.9 Å². The summed E-state index contributed by atoms with van der Waals surface area (Å²) in [6.07, 6.45) is 2.62. The topological polar surface area (TPSA) is 116 Å². The molecule has 1 atom stereocenters. The van der Waals surface area contributed by atoms with Gasteiger partial charge in [0.25, 0.3) is 0 Å². The molecule has 0 aliphatic rings. The number of aliphatic carboxylic acids is 1. The van der Waals surface area contributed by atoms with Crippen molar-refractivity contribution in [2.24, 2.45) is 5.92 Å². The van der Waals surface area contributed by atoms with E-state index in [1.54, 1.807) is 30.7 Å². The van der Waals surface area contributed by atoms with Crippen molar-refractivity contribution in [3.63, 3.8) is 0 Å². The second kappa shape index (κ2) is 9.07. The molecule has 0 fully saturated rings. The Kier molecular flexibility index (Phi) is 6.81. The van der Waals surface area contributed by atoms with E-state index in [4.69, 9.17) is 0 Å². The molecular weight excluding hydrogens is 350 g/mol. The third kappa shape index (κ3) is 5.73. The van der Waals surface area contributed by atoms with Crippen LogP contribution in [0.3, 0.4) is 0 Å². The van der Waals surface area contributed by atoms with Crippen LogP contribution in [0.15, 0.2) is 36.8 Å². The monoisotopic (exact) mass is 375 g/mol. The van der Waals surface area contributed by atoms with Crippen LogP contribution in [0, 0.1) is 5.92 Å². The van der Waals surface area contributed by atoms with Crippen LogP contribution in [-0.4, -0.2) is 54.4 Å². The Bertz CT molecular complexity index is 787. The zero-order valence-electron chi connectivity index (χ0n) is 15.4. The Morgan fingerprint density at radius 3 is 2.59 bits per heavy atom. The van der Waals surface area contributed by atoms with E-state index in [-0.39, 0.29) is 24.6 Å². The Morgan fingerprint density at radius 1 is 1.26 bits per heavy atom. The molecule has 8 heteroatoms. The summed E-state index contributed by atoms with van der Waals surface area (Å²) in [6.45, 7) is 4.26. The van der Waals surface area contributed by atoms with Gasteiger partial charge in [-0.3, -0.25) is 4.90 Å². The highest BCUT2D eigenvalue weighted by atomic mass is 16.4. The molecule has 0 saturated heterocycles. The van der Waals surface area contributed by atoms with Gasteiger partial charge in [-0.2, -0.15) is 0 Å². The Hall–Kier alpha value is -3.03. The van der Waals surface area contributed by atoms with Crippen LogP contribution in [0.4, 0.5) is 4.79 Å². The lowest BCUT2D eigenvalue weighted by Crippen LogP contribution is -2.46. The minimum Gasteiger partial charge on any atom is -0.508 e. The van der Waals surface area contributed by atoms with E-state index >= 15 is 0 Å². The number of nitrogens with zero attached hydrogens (tertiary/aromatic N) is 3. The number of aromatic hydroxyl groups is 1. The molecule has 27 heavy (non-hydrogen) atoms. The van der Waals surface area contributed by atoms with E-state index in [1.807, 2.05) is 24.5 Å². The lowest BCUT2D eigenvalue weighted by molar-refractivity contribution is -0.143. The van der Waals surface area contributed by atoms with Gasteiger partial charge in [-0.15, -0.1) is 0 Å². The van der Waals surface area contributed by atoms with Crippen LogP contribution in [-0.2, 0) is 17.8 Å². The average molecular weight is 375 g/mol. The minimum absolute atomic E-state index is 0.0595. The van der Waals surface area contributed by atoms with Gasteiger partial charge in [-0.05, 0) is 30.0 Å². The summed E-state index contributed by atoms with van der Waals surface area (Å²) in [7, 11) is 0. The number of aromatic nitrogens is 2. The van der Waals surface area contributed by atoms with Gasteiger partial charge in [0.2, 0.25) is 0 Å². The summed E-state index contributed by atoms with van der Waals surface area (Å²) in [4.78, 5) is 28.2. The first-order chi connectivity index (χ1) is 12.8. The number of carboxylic acid groups (broad SMARTS) is 2. The number of phenols is 1. The van der Waals surface area contributed by atoms with Gasteiger partial charge in [0.15, 0.2) is 0 Å². The SMILES string of the molecule is CC(C)CC(C(=O)O)N(CCc1cncn1Cc1cccc(O)c1)C(=O)O. The number of carboxylic acids is 1. The molecule has 1 amide bonds. The summed E-state index contributed by atoms with van der Waals surface area (Å²) in [5.74, 6) is -0.909. The van der Waals surface area contributed by atoms with Crippen molar-refractivity contribution in [1.29, 1.82) is 0 Å². The summed E-state index contributed by atoms with van der Waals surface area (Å²) >= 11 is 0. The molecule has 2 aromatic rings. The van der Waals surface area contributed by atoms with Crippen molar-refractivity contribution >= 4 is 12.1 Å². The van der Waals surface area contributed by atoms with Gasteiger partial charge in [-0.25, -0.2) is 14.6 Å². The Morgan fingerprint density at radius 2 is 2.00 bits per heavy atom. The lowest BCUT2D eigenvalue weighted by Gasteiger charge is -2.27. The molecule has 0 spiro atoms. The second-order valence-corrected chi connectivity index (χ2v) is 6.89. The van der Waals surface area contributed by atoms with Crippen molar-refractivity contribution in [2.75, 3.05) is 6.54 Å². The van der Waals surface area contributed by atoms with E-state index in [0.717, 1.165) is 16.2 Å². The maximum atomic E-state index is 11.6. The predicted molar refractivity (Wildman–Crippen MR) is 98.7 cm³/mol. The standard InChI is InChI=1S/C19H25N3O5/c1-13(2)8-17(18(24)25)22(19(26)27)7-6-15-10-20-12-21(15)11-14-4-3-5-16(23)9-14/h3-5,9-10,12-13,17,23H,6-8,11H2,1-2H3,(H,24,25)(H,26,27). The number of hydrogen-bond acceptors (Lipinski definition) is 4. The summed E-state index contributed by atoms with van der Waals surface area (Å²) < 4.78 is 1.85. The quantitative estimate of drug-likeness (QED) is 0.620. The van der Waals surface area contributed by atoms with Crippen molar-refractivity contribution < 1.29 is 24.9 Å². The van der Waals surface area contributed by atoms with E-state index in [1.165, 1.54) is 0 Å². The highest BCUT2D eigenvalue weighted by Gasteiger charge is 2.30. The summed E-state index contributed by atoms with van der Waals surface area (Å²) in [6, 6.07) is 5.78. The number of rotatable bonds is 9. The molecule has 1 unspecified atom stereocenters. The lowest BCUT2D eigenvalue weighted by atomic mass is 10.0. The van der Waals surface area contributed by atoms with Gasteiger partial charge < -0.3 is 19.9 Å². The third-order valence-corrected chi connectivity index (χ3v) is 4.27. The largest absolute Gasteiger partial charge is 0.508 e. The summed E-state index contributed by atoms with van der Waals surface area (Å²) in [5, 5.41) is 28.5. The van der Waals surface area contributed by atoms with Gasteiger partial charge in [-0.1, -0.05) is 26.0 Å². The highest BCUT2D eigenvalue weighted by Crippen LogP contribution is 2.16. The molecule has 0 aliphatic carbocycles. The number of carbonyl (C=O) groups is 2. The molecular formula is C19H25N3O5. The molecule has 2 rings (SSSR count). The third-order valence-electron chi connectivity index (χ3n) is 4.27. The molecule has 0 saturated carbocycles. The van der Waals surface area contributed by atoms with Gasteiger partial charge in [0.05, 0.1) is 6.33 Å². The Labute approximate surface area is 157 Å². The minimum atomic E-state index is -1.25. The number of benzene rings is 1. The average Bonchev–Trinajstić information content (AvgIpc) is 3.00. The first-order valence-corrected chi connectivity index (χ1v) is 8.77. The van der Waals surface area contributed by atoms with Crippen LogP contribution >= 0.6 is 0 Å². The predicted octanol–water partition coefficient (Wildman–Crippen LogP) is 2.66. The normalized spacial score (nSPS) is 12.1. The molecule has 0 bridgehead atoms. The van der Waals surface area contributed by atoms with Crippen LogP contribution in [0.25, 0.3) is 0 Å². The van der Waals surface area contributed by atoms with Crippen LogP contribution in [0.5, 0.6) is 5.75 Å². The van der Waals surface area contributed by atoms with Gasteiger partial charge >= 0.3 is 12.1 Å². The molecule has 8 nitrogen and oxygen atoms in total. The smallest absolute Gasteiger partial charge is 0.408 e. The molecule has 3 N–H and O–H groups in total. The Balaban J connectivity index is 2.11. The molecule has 1 aromatic carbocycles. The second-order valence-electron chi connectivity index (χ2n) is 6.89. The number of hydrogen-bond donors (Lipinski definition) is 3. The van der Waals surface area contributed by atoms with Crippen LogP contribution in [0.2, 0.25) is 0 Å². The summed E-state index contributed by atoms with van der Waals surface area (Å²) in [5.41, 5.74) is 1.67. The first-order valence-electron chi connectivity index (χ1n) is 8.77. The molecule has 1 aromatic heterocycles. The first kappa shape index (κ1) is 20.3. The zero-order chi connectivity index (χ0) is 20.0. The van der Waals surface area contributed by atoms with E-state index in [2.05, 4.69) is 4.98 Å². The molecule has 1 heterocycles. The molecule has 0 radical (unpaired) electrons. The molecule has 146 valence electrons. The van der Waals surface area contributed by atoms with Crippen molar-refractivity contribution in [1.82, 2.24) is 14.5 Å². The fraction of sp³-hybridized carbons (Fsp3) is 0.421. The van der Waals surface area contributed by atoms with E-state index < -0.39 is 18.1 Å². The van der Waals surface area contributed by atoms with Crippen molar-refractivity contribution in [2.45, 2.75) is 39.3 Å². The van der Waals surface area contributed by atoms with Gasteiger partial charge in [0, 0.05) is 31.4 Å². The van der Waals surface area contributed by atoms with E-state index in [0.29, 0.717) is 13.0 Å². The molecule has 0 aliphatic heterocycles. The van der Waals surface area contributed by atoms with Crippen LogP contribution in [0.1, 0.15) is 31.5 Å². The number of imidazole rings is 1. The number of amides is 1. The highest BCUT2D eigenvalue weighted by molar-refractivity contribution is 5.79.